The number of carbonyl (C=O) groups excluding carboxylic acids is 1. The molecule has 2 aromatic rings. The Bertz CT molecular complexity index is 861. The molecule has 2 aliphatic heterocycles. The Kier molecular flexibility index (Phi) is 4.90. The molecule has 0 radical (unpaired) electrons. The zero-order valence-electron chi connectivity index (χ0n) is 17.2. The molecule has 1 saturated carbocycles. The Morgan fingerprint density at radius 1 is 1.17 bits per heavy atom. The lowest BCUT2D eigenvalue weighted by molar-refractivity contribution is -0.138. The molecule has 3 fully saturated rings. The van der Waals surface area contributed by atoms with Crippen molar-refractivity contribution in [1.29, 1.82) is 0 Å². The molecule has 29 heavy (non-hydrogen) atoms. The van der Waals surface area contributed by atoms with Gasteiger partial charge in [0.05, 0.1) is 5.41 Å². The number of carbonyl (C=O) groups is 1. The van der Waals surface area contributed by atoms with Crippen LogP contribution in [-0.2, 0) is 16.8 Å². The van der Waals surface area contributed by atoms with E-state index in [4.69, 9.17) is 4.42 Å². The van der Waals surface area contributed by atoms with Crippen LogP contribution in [0.1, 0.15) is 49.4 Å². The SMILES string of the molecule is Cc1nnc([C@]23CCN(C(=O)C4CCCC4)C[C@H]2CN(Cc2ccccc2)C3)o1. The summed E-state index contributed by atoms with van der Waals surface area (Å²) < 4.78 is 5.97. The van der Waals surface area contributed by atoms with Gasteiger partial charge in [-0.15, -0.1) is 10.2 Å². The van der Waals surface area contributed by atoms with Crippen LogP contribution in [0.25, 0.3) is 0 Å². The van der Waals surface area contributed by atoms with Gasteiger partial charge >= 0.3 is 0 Å². The summed E-state index contributed by atoms with van der Waals surface area (Å²) in [6.07, 6.45) is 5.43. The molecule has 1 aromatic heterocycles. The largest absolute Gasteiger partial charge is 0.425 e. The molecular weight excluding hydrogens is 364 g/mol. The quantitative estimate of drug-likeness (QED) is 0.797. The first kappa shape index (κ1) is 18.8. The fraction of sp³-hybridized carbons (Fsp3) is 0.609. The van der Waals surface area contributed by atoms with Crippen molar-refractivity contribution in [2.24, 2.45) is 11.8 Å². The second kappa shape index (κ2) is 7.56. The lowest BCUT2D eigenvalue weighted by Crippen LogP contribution is -2.52. The average molecular weight is 395 g/mol. The molecule has 1 amide bonds. The van der Waals surface area contributed by atoms with Crippen molar-refractivity contribution in [3.05, 3.63) is 47.7 Å². The zero-order chi connectivity index (χ0) is 19.8. The minimum Gasteiger partial charge on any atom is -0.425 e. The van der Waals surface area contributed by atoms with E-state index in [1.165, 1.54) is 18.4 Å². The van der Waals surface area contributed by atoms with Gasteiger partial charge in [0.2, 0.25) is 17.7 Å². The standard InChI is InChI=1S/C23H30N4O2/c1-17-24-25-22(29-17)23-11-12-27(21(28)19-9-5-6-10-19)15-20(23)14-26(16-23)13-18-7-3-2-4-8-18/h2-4,7-8,19-20H,5-6,9-16H2,1H3/t20-,23+/m1/s1. The molecule has 5 rings (SSSR count). The van der Waals surface area contributed by atoms with Crippen molar-refractivity contribution in [3.8, 4) is 0 Å². The summed E-state index contributed by atoms with van der Waals surface area (Å²) in [6.45, 7) is 6.26. The number of piperidine rings is 1. The molecule has 6 nitrogen and oxygen atoms in total. The van der Waals surface area contributed by atoms with Crippen molar-refractivity contribution < 1.29 is 9.21 Å². The molecule has 2 saturated heterocycles. The normalized spacial score (nSPS) is 28.0. The van der Waals surface area contributed by atoms with Crippen molar-refractivity contribution in [3.63, 3.8) is 0 Å². The summed E-state index contributed by atoms with van der Waals surface area (Å²) in [4.78, 5) is 17.7. The highest BCUT2D eigenvalue weighted by molar-refractivity contribution is 5.79. The number of rotatable bonds is 4. The van der Waals surface area contributed by atoms with Gasteiger partial charge in [0.1, 0.15) is 0 Å². The third kappa shape index (κ3) is 3.48. The zero-order valence-corrected chi connectivity index (χ0v) is 17.2. The Hall–Kier alpha value is -2.21. The molecule has 0 bridgehead atoms. The number of amides is 1. The van der Waals surface area contributed by atoms with E-state index in [9.17, 15) is 4.79 Å². The third-order valence-electron chi connectivity index (χ3n) is 7.25. The molecule has 6 heteroatoms. The van der Waals surface area contributed by atoms with Gasteiger partial charge in [0.25, 0.3) is 0 Å². The fourth-order valence-electron chi connectivity index (χ4n) is 5.73. The van der Waals surface area contributed by atoms with Gasteiger partial charge in [-0.3, -0.25) is 9.69 Å². The topological polar surface area (TPSA) is 62.5 Å². The summed E-state index contributed by atoms with van der Waals surface area (Å²) >= 11 is 0. The molecule has 3 aliphatic rings. The van der Waals surface area contributed by atoms with Crippen LogP contribution in [0.15, 0.2) is 34.7 Å². The van der Waals surface area contributed by atoms with E-state index in [2.05, 4.69) is 50.3 Å². The van der Waals surface area contributed by atoms with E-state index in [0.29, 0.717) is 17.7 Å². The number of aryl methyl sites for hydroxylation is 1. The van der Waals surface area contributed by atoms with Crippen LogP contribution in [0.3, 0.4) is 0 Å². The van der Waals surface area contributed by atoms with Gasteiger partial charge in [-0.1, -0.05) is 43.2 Å². The molecule has 154 valence electrons. The summed E-state index contributed by atoms with van der Waals surface area (Å²) in [5.74, 6) is 2.35. The van der Waals surface area contributed by atoms with Crippen LogP contribution in [0, 0.1) is 18.8 Å². The van der Waals surface area contributed by atoms with E-state index >= 15 is 0 Å². The number of nitrogens with zero attached hydrogens (tertiary/aromatic N) is 4. The highest BCUT2D eigenvalue weighted by Crippen LogP contribution is 2.45. The number of fused-ring (bicyclic) bond motifs is 1. The number of benzene rings is 1. The predicted molar refractivity (Wildman–Crippen MR) is 109 cm³/mol. The molecule has 0 unspecified atom stereocenters. The first-order valence-electron chi connectivity index (χ1n) is 11.0. The Labute approximate surface area is 172 Å². The smallest absolute Gasteiger partial charge is 0.225 e. The van der Waals surface area contributed by atoms with Gasteiger partial charge in [-0.05, 0) is 24.8 Å². The summed E-state index contributed by atoms with van der Waals surface area (Å²) in [6, 6.07) is 10.6. The average Bonchev–Trinajstić information content (AvgIpc) is 3.47. The Morgan fingerprint density at radius 3 is 2.69 bits per heavy atom. The van der Waals surface area contributed by atoms with Gasteiger partial charge in [-0.2, -0.15) is 0 Å². The maximum Gasteiger partial charge on any atom is 0.225 e. The van der Waals surface area contributed by atoms with Crippen LogP contribution in [0.2, 0.25) is 0 Å². The third-order valence-corrected chi connectivity index (χ3v) is 7.25. The Balaban J connectivity index is 1.38. The molecule has 0 spiro atoms. The van der Waals surface area contributed by atoms with Crippen LogP contribution in [0.5, 0.6) is 0 Å². The maximum absolute atomic E-state index is 13.1. The number of likely N-dealkylation sites (tertiary alicyclic amines) is 2. The predicted octanol–water partition coefficient (Wildman–Crippen LogP) is 3.17. The van der Waals surface area contributed by atoms with E-state index in [-0.39, 0.29) is 11.3 Å². The molecule has 1 aromatic carbocycles. The number of aromatic nitrogens is 2. The van der Waals surface area contributed by atoms with Gasteiger partial charge < -0.3 is 9.32 Å². The number of hydrogen-bond donors (Lipinski definition) is 0. The van der Waals surface area contributed by atoms with Crippen LogP contribution in [-0.4, -0.2) is 52.1 Å². The maximum atomic E-state index is 13.1. The molecule has 1 aliphatic carbocycles. The second-order valence-electron chi connectivity index (χ2n) is 9.15. The van der Waals surface area contributed by atoms with Crippen LogP contribution in [0.4, 0.5) is 0 Å². The van der Waals surface area contributed by atoms with Crippen molar-refractivity contribution in [2.45, 2.75) is 51.0 Å². The second-order valence-corrected chi connectivity index (χ2v) is 9.15. The van der Waals surface area contributed by atoms with Gasteiger partial charge in [-0.25, -0.2) is 0 Å². The lowest BCUT2D eigenvalue weighted by atomic mass is 9.72. The van der Waals surface area contributed by atoms with Crippen LogP contribution >= 0.6 is 0 Å². The fourth-order valence-corrected chi connectivity index (χ4v) is 5.73. The van der Waals surface area contributed by atoms with E-state index in [0.717, 1.165) is 57.9 Å². The van der Waals surface area contributed by atoms with Crippen molar-refractivity contribution >= 4 is 5.91 Å². The first-order valence-corrected chi connectivity index (χ1v) is 11.0. The summed E-state index contributed by atoms with van der Waals surface area (Å²) in [7, 11) is 0. The van der Waals surface area contributed by atoms with Gasteiger partial charge in [0.15, 0.2) is 0 Å². The van der Waals surface area contributed by atoms with E-state index in [1.54, 1.807) is 0 Å². The van der Waals surface area contributed by atoms with Crippen LogP contribution < -0.4 is 0 Å². The Morgan fingerprint density at radius 2 is 1.97 bits per heavy atom. The molecule has 0 N–H and O–H groups in total. The monoisotopic (exact) mass is 394 g/mol. The lowest BCUT2D eigenvalue weighted by Gasteiger charge is -2.42. The molecular formula is C23H30N4O2. The highest BCUT2D eigenvalue weighted by atomic mass is 16.4. The van der Waals surface area contributed by atoms with Gasteiger partial charge in [0, 0.05) is 51.5 Å². The summed E-state index contributed by atoms with van der Waals surface area (Å²) in [5.41, 5.74) is 1.18. The van der Waals surface area contributed by atoms with Crippen molar-refractivity contribution in [1.82, 2.24) is 20.0 Å². The highest BCUT2D eigenvalue weighted by Gasteiger charge is 2.54. The minimum absolute atomic E-state index is 0.136. The van der Waals surface area contributed by atoms with Crippen molar-refractivity contribution in [2.75, 3.05) is 26.2 Å². The number of hydrogen-bond acceptors (Lipinski definition) is 5. The van der Waals surface area contributed by atoms with E-state index in [1.807, 2.05) is 6.92 Å². The summed E-state index contributed by atoms with van der Waals surface area (Å²) in [5, 5.41) is 8.57. The first-order chi connectivity index (χ1) is 14.1. The van der Waals surface area contributed by atoms with E-state index < -0.39 is 0 Å². The molecule has 2 atom stereocenters. The minimum atomic E-state index is -0.136. The molecule has 3 heterocycles.